The number of carbonyl (C=O) groups excluding carboxylic acids is 1. The molecule has 1 amide bonds. The van der Waals surface area contributed by atoms with E-state index in [1.165, 1.54) is 26.2 Å². The van der Waals surface area contributed by atoms with Crippen LogP contribution in [0.4, 0.5) is 29.6 Å². The number of nitrogens with zero attached hydrogens (tertiary/aromatic N) is 7. The predicted molar refractivity (Wildman–Crippen MR) is 169 cm³/mol. The molecule has 0 saturated carbocycles. The first-order chi connectivity index (χ1) is 21.7. The van der Waals surface area contributed by atoms with Gasteiger partial charge in [-0.05, 0) is 56.7 Å². The fourth-order valence-corrected chi connectivity index (χ4v) is 5.64. The lowest BCUT2D eigenvalue weighted by Crippen LogP contribution is -2.50. The van der Waals surface area contributed by atoms with E-state index in [-0.39, 0.29) is 37.6 Å². The predicted octanol–water partition coefficient (Wildman–Crippen LogP) is 5.45. The van der Waals surface area contributed by atoms with E-state index in [9.17, 15) is 22.8 Å². The van der Waals surface area contributed by atoms with Crippen LogP contribution in [-0.4, -0.2) is 73.9 Å². The van der Waals surface area contributed by atoms with Crippen molar-refractivity contribution in [2.75, 3.05) is 43.4 Å². The first-order valence-corrected chi connectivity index (χ1v) is 14.7. The lowest BCUT2D eigenvalue weighted by Gasteiger charge is -2.37. The number of rotatable bonds is 4. The van der Waals surface area contributed by atoms with Gasteiger partial charge >= 0.3 is 18.0 Å². The quantitative estimate of drug-likeness (QED) is 0.278. The van der Waals surface area contributed by atoms with Crippen molar-refractivity contribution in [1.29, 1.82) is 0 Å². The number of amides is 1. The zero-order chi connectivity index (χ0) is 33.0. The first kappa shape index (κ1) is 30.9. The van der Waals surface area contributed by atoms with E-state index in [0.29, 0.717) is 27.9 Å². The van der Waals surface area contributed by atoms with Gasteiger partial charge in [-0.2, -0.15) is 13.2 Å². The van der Waals surface area contributed by atoms with Crippen molar-refractivity contribution in [3.05, 3.63) is 71.0 Å². The average Bonchev–Trinajstić information content (AvgIpc) is 3.29. The number of alkyl halides is 3. The van der Waals surface area contributed by atoms with E-state index in [0.717, 1.165) is 17.2 Å². The number of aryl methyl sites for hydroxylation is 1. The molecule has 1 aliphatic rings. The molecule has 0 unspecified atom stereocenters. The van der Waals surface area contributed by atoms with Crippen LogP contribution >= 0.6 is 0 Å². The molecular formula is C32H33F3N8O3. The number of hydrogen-bond acceptors (Lipinski definition) is 8. The summed E-state index contributed by atoms with van der Waals surface area (Å²) in [6.45, 7) is 6.07. The number of nitrogens with one attached hydrogen (secondary N) is 1. The van der Waals surface area contributed by atoms with Crippen LogP contribution in [0.25, 0.3) is 38.8 Å². The summed E-state index contributed by atoms with van der Waals surface area (Å²) in [6, 6.07) is 9.40. The molecule has 14 heteroatoms. The molecule has 0 aliphatic carbocycles. The van der Waals surface area contributed by atoms with Crippen LogP contribution in [0.3, 0.4) is 0 Å². The molecule has 6 rings (SSSR count). The zero-order valence-electron chi connectivity index (χ0n) is 26.0. The number of halogens is 3. The highest BCUT2D eigenvalue weighted by Crippen LogP contribution is 2.39. The summed E-state index contributed by atoms with van der Waals surface area (Å²) in [5.41, 5.74) is 0.921. The van der Waals surface area contributed by atoms with Gasteiger partial charge in [0.2, 0.25) is 5.95 Å². The van der Waals surface area contributed by atoms with Gasteiger partial charge in [-0.25, -0.2) is 19.6 Å². The van der Waals surface area contributed by atoms with Crippen LogP contribution in [0.5, 0.6) is 0 Å². The summed E-state index contributed by atoms with van der Waals surface area (Å²) in [5.74, 6) is 0.458. The Kier molecular flexibility index (Phi) is 7.61. The Bertz CT molecular complexity index is 2000. The number of aromatic nitrogens is 5. The molecule has 1 fully saturated rings. The second-order valence-electron chi connectivity index (χ2n) is 12.1. The number of hydrogen-bond donors (Lipinski definition) is 1. The minimum absolute atomic E-state index is 0.0211. The molecule has 1 N–H and O–H groups in total. The normalized spacial score (nSPS) is 14.3. The molecule has 240 valence electrons. The molecule has 0 bridgehead atoms. The Hall–Kier alpha value is -5.14. The number of imidazole rings is 1. The maximum atomic E-state index is 14.6. The maximum Gasteiger partial charge on any atom is 0.418 e. The van der Waals surface area contributed by atoms with Crippen molar-refractivity contribution in [1.82, 2.24) is 29.0 Å². The monoisotopic (exact) mass is 634 g/mol. The SMILES string of the molecule is CNc1ncc(-c2ccc3ncc4c(c3c2)n(-c2ccc(N3CCN(C(=O)OC(C)(C)C)CC3)c(C(F)(F)F)c2)c(=O)n4C)cn1. The average molecular weight is 635 g/mol. The lowest BCUT2D eigenvalue weighted by atomic mass is 10.0. The van der Waals surface area contributed by atoms with Crippen LogP contribution in [0.2, 0.25) is 0 Å². The minimum Gasteiger partial charge on any atom is -0.444 e. The number of carbonyl (C=O) groups is 1. The highest BCUT2D eigenvalue weighted by atomic mass is 19.4. The molecule has 3 aromatic heterocycles. The molecule has 46 heavy (non-hydrogen) atoms. The van der Waals surface area contributed by atoms with Gasteiger partial charge in [0.1, 0.15) is 5.60 Å². The first-order valence-electron chi connectivity index (χ1n) is 14.7. The molecule has 0 atom stereocenters. The topological polar surface area (TPSA) is 110 Å². The van der Waals surface area contributed by atoms with Gasteiger partial charge in [0.05, 0.1) is 34.0 Å². The summed E-state index contributed by atoms with van der Waals surface area (Å²) in [4.78, 5) is 42.3. The summed E-state index contributed by atoms with van der Waals surface area (Å²) in [5, 5.41) is 3.46. The molecule has 5 aromatic rings. The number of anilines is 2. The Morgan fingerprint density at radius 2 is 1.61 bits per heavy atom. The van der Waals surface area contributed by atoms with Gasteiger partial charge < -0.3 is 19.9 Å². The smallest absolute Gasteiger partial charge is 0.418 e. The molecule has 0 radical (unpaired) electrons. The van der Waals surface area contributed by atoms with E-state index >= 15 is 0 Å². The van der Waals surface area contributed by atoms with Crippen LogP contribution in [0.15, 0.2) is 59.8 Å². The Morgan fingerprint density at radius 1 is 0.913 bits per heavy atom. The van der Waals surface area contributed by atoms with Crippen molar-refractivity contribution in [2.45, 2.75) is 32.5 Å². The molecule has 2 aromatic carbocycles. The highest BCUT2D eigenvalue weighted by Gasteiger charge is 2.37. The van der Waals surface area contributed by atoms with Crippen LogP contribution in [-0.2, 0) is 18.0 Å². The van der Waals surface area contributed by atoms with Gasteiger partial charge in [0.25, 0.3) is 0 Å². The van der Waals surface area contributed by atoms with Gasteiger partial charge in [-0.15, -0.1) is 0 Å². The summed E-state index contributed by atoms with van der Waals surface area (Å²) in [7, 11) is 3.28. The third kappa shape index (κ3) is 5.70. The fourth-order valence-electron chi connectivity index (χ4n) is 5.64. The van der Waals surface area contributed by atoms with Crippen LogP contribution < -0.4 is 15.9 Å². The number of benzene rings is 2. The lowest BCUT2D eigenvalue weighted by molar-refractivity contribution is -0.137. The van der Waals surface area contributed by atoms with Crippen LogP contribution in [0.1, 0.15) is 26.3 Å². The van der Waals surface area contributed by atoms with Crippen molar-refractivity contribution in [3.63, 3.8) is 0 Å². The standard InChI is InChI=1S/C32H33F3N8O3/c1-31(2,3)46-30(45)42-12-10-41(11-13-42)25-9-7-21(15-23(25)32(33,34)35)43-27-22-14-19(20-16-38-28(36-4)39-17-20)6-8-24(22)37-18-26(27)40(5)29(43)44/h6-9,14-18H,10-13H2,1-5H3,(H,36,38,39). The van der Waals surface area contributed by atoms with Crippen LogP contribution in [0, 0.1) is 0 Å². The number of piperazine rings is 1. The summed E-state index contributed by atoms with van der Waals surface area (Å²) < 4.78 is 52.0. The third-order valence-corrected chi connectivity index (χ3v) is 7.91. The van der Waals surface area contributed by atoms with Crippen molar-refractivity contribution in [2.24, 2.45) is 7.05 Å². The fraction of sp³-hybridized carbons (Fsp3) is 0.344. The number of ether oxygens (including phenoxy) is 1. The largest absolute Gasteiger partial charge is 0.444 e. The van der Waals surface area contributed by atoms with Crippen molar-refractivity contribution < 1.29 is 22.7 Å². The van der Waals surface area contributed by atoms with E-state index in [1.807, 2.05) is 12.1 Å². The van der Waals surface area contributed by atoms with Gasteiger partial charge in [0, 0.05) is 69.3 Å². The molecular weight excluding hydrogens is 601 g/mol. The van der Waals surface area contributed by atoms with Crippen molar-refractivity contribution in [3.8, 4) is 16.8 Å². The Labute approximate surface area is 262 Å². The van der Waals surface area contributed by atoms with Gasteiger partial charge in [0.15, 0.2) is 0 Å². The highest BCUT2D eigenvalue weighted by molar-refractivity contribution is 6.04. The second kappa shape index (κ2) is 11.3. The summed E-state index contributed by atoms with van der Waals surface area (Å²) in [6.07, 6.45) is -0.344. The van der Waals surface area contributed by atoms with Gasteiger partial charge in [-0.1, -0.05) is 6.07 Å². The summed E-state index contributed by atoms with van der Waals surface area (Å²) >= 11 is 0. The molecule has 11 nitrogen and oxygen atoms in total. The van der Waals surface area contributed by atoms with Crippen molar-refractivity contribution >= 4 is 39.7 Å². The van der Waals surface area contributed by atoms with E-state index in [1.54, 1.807) is 64.4 Å². The Morgan fingerprint density at radius 3 is 2.24 bits per heavy atom. The number of pyridine rings is 1. The molecule has 0 spiro atoms. The van der Waals surface area contributed by atoms with E-state index < -0.39 is 29.1 Å². The number of fused-ring (bicyclic) bond motifs is 3. The van der Waals surface area contributed by atoms with E-state index in [4.69, 9.17) is 4.74 Å². The van der Waals surface area contributed by atoms with Gasteiger partial charge in [-0.3, -0.25) is 14.1 Å². The molecule has 4 heterocycles. The zero-order valence-corrected chi connectivity index (χ0v) is 26.0. The minimum atomic E-state index is -4.71. The maximum absolute atomic E-state index is 14.6. The van der Waals surface area contributed by atoms with E-state index in [2.05, 4.69) is 20.3 Å². The Balaban J connectivity index is 1.42. The second-order valence-corrected chi connectivity index (χ2v) is 12.1. The third-order valence-electron chi connectivity index (χ3n) is 7.91. The molecule has 1 saturated heterocycles. The molecule has 1 aliphatic heterocycles.